The predicted octanol–water partition coefficient (Wildman–Crippen LogP) is 3.58. The lowest BCUT2D eigenvalue weighted by Gasteiger charge is -2.22. The molecule has 1 aliphatic heterocycles. The number of hydrogen-bond acceptors (Lipinski definition) is 2. The van der Waals surface area contributed by atoms with Crippen molar-refractivity contribution < 1.29 is 4.74 Å². The van der Waals surface area contributed by atoms with Gasteiger partial charge in [0, 0.05) is 17.6 Å². The summed E-state index contributed by atoms with van der Waals surface area (Å²) in [5.74, 6) is 1.16. The third-order valence-electron chi connectivity index (χ3n) is 4.28. The molecule has 0 radical (unpaired) electrons. The Hall–Kier alpha value is -1.02. The van der Waals surface area contributed by atoms with Gasteiger partial charge >= 0.3 is 0 Å². The average molecular weight is 245 g/mol. The highest BCUT2D eigenvalue weighted by Gasteiger charge is 2.29. The molecule has 1 aromatic carbocycles. The van der Waals surface area contributed by atoms with E-state index < -0.39 is 0 Å². The molecule has 2 nitrogen and oxygen atoms in total. The van der Waals surface area contributed by atoms with Crippen LogP contribution in [0, 0.1) is 20.8 Å². The molecule has 1 fully saturated rings. The SMILES string of the molecule is Cc1cc(C)c2c(c1C)OCCCC2NC1CC1. The third-order valence-corrected chi connectivity index (χ3v) is 4.28. The maximum absolute atomic E-state index is 6.03. The van der Waals surface area contributed by atoms with E-state index in [4.69, 9.17) is 4.74 Å². The van der Waals surface area contributed by atoms with Gasteiger partial charge in [0.1, 0.15) is 5.75 Å². The minimum absolute atomic E-state index is 0.495. The van der Waals surface area contributed by atoms with Crippen LogP contribution in [0.1, 0.15) is 54.0 Å². The van der Waals surface area contributed by atoms with Crippen LogP contribution in [0.2, 0.25) is 0 Å². The topological polar surface area (TPSA) is 21.3 Å². The fraction of sp³-hybridized carbons (Fsp3) is 0.625. The summed E-state index contributed by atoms with van der Waals surface area (Å²) in [5.41, 5.74) is 5.47. The van der Waals surface area contributed by atoms with Gasteiger partial charge in [0.15, 0.2) is 0 Å². The van der Waals surface area contributed by atoms with Crippen LogP contribution in [0.15, 0.2) is 6.07 Å². The van der Waals surface area contributed by atoms with E-state index in [9.17, 15) is 0 Å². The lowest BCUT2D eigenvalue weighted by Crippen LogP contribution is -2.24. The van der Waals surface area contributed by atoms with Gasteiger partial charge in [0.25, 0.3) is 0 Å². The molecule has 1 aromatic rings. The Kier molecular flexibility index (Phi) is 3.06. The molecule has 1 aliphatic carbocycles. The molecule has 1 N–H and O–H groups in total. The van der Waals surface area contributed by atoms with Gasteiger partial charge < -0.3 is 10.1 Å². The molecule has 0 amide bonds. The van der Waals surface area contributed by atoms with Crippen LogP contribution in [0.4, 0.5) is 0 Å². The predicted molar refractivity (Wildman–Crippen MR) is 74.3 cm³/mol. The second-order valence-corrected chi connectivity index (χ2v) is 5.86. The highest BCUT2D eigenvalue weighted by molar-refractivity contribution is 5.51. The van der Waals surface area contributed by atoms with Crippen molar-refractivity contribution in [3.8, 4) is 5.75 Å². The minimum atomic E-state index is 0.495. The lowest BCUT2D eigenvalue weighted by molar-refractivity contribution is 0.313. The Bertz CT molecular complexity index is 463. The Morgan fingerprint density at radius 1 is 1.11 bits per heavy atom. The van der Waals surface area contributed by atoms with Crippen LogP contribution >= 0.6 is 0 Å². The maximum Gasteiger partial charge on any atom is 0.127 e. The number of fused-ring (bicyclic) bond motifs is 1. The standard InChI is InChI=1S/C16H23NO/c1-10-9-11(2)15-14(17-13-6-7-13)5-4-8-18-16(15)12(10)3/h9,13-14,17H,4-8H2,1-3H3. The van der Waals surface area contributed by atoms with Crippen LogP contribution in [-0.4, -0.2) is 12.6 Å². The van der Waals surface area contributed by atoms with E-state index in [-0.39, 0.29) is 0 Å². The third kappa shape index (κ3) is 2.14. The zero-order valence-electron chi connectivity index (χ0n) is 11.7. The summed E-state index contributed by atoms with van der Waals surface area (Å²) in [6, 6.07) is 3.56. The summed E-state index contributed by atoms with van der Waals surface area (Å²) in [4.78, 5) is 0. The molecule has 18 heavy (non-hydrogen) atoms. The van der Waals surface area contributed by atoms with Gasteiger partial charge in [-0.3, -0.25) is 0 Å². The number of rotatable bonds is 2. The van der Waals surface area contributed by atoms with Crippen molar-refractivity contribution in [1.29, 1.82) is 0 Å². The van der Waals surface area contributed by atoms with Gasteiger partial charge in [0.2, 0.25) is 0 Å². The molecule has 1 unspecified atom stereocenters. The Morgan fingerprint density at radius 2 is 1.89 bits per heavy atom. The van der Waals surface area contributed by atoms with Crippen molar-refractivity contribution >= 4 is 0 Å². The van der Waals surface area contributed by atoms with Gasteiger partial charge in [-0.15, -0.1) is 0 Å². The summed E-state index contributed by atoms with van der Waals surface area (Å²) >= 11 is 0. The summed E-state index contributed by atoms with van der Waals surface area (Å²) in [5, 5.41) is 3.80. The van der Waals surface area contributed by atoms with E-state index >= 15 is 0 Å². The molecule has 1 heterocycles. The normalized spacial score (nSPS) is 23.2. The van der Waals surface area contributed by atoms with Crippen LogP contribution in [0.25, 0.3) is 0 Å². The molecule has 0 aromatic heterocycles. The van der Waals surface area contributed by atoms with Gasteiger partial charge in [-0.05, 0) is 63.1 Å². The van der Waals surface area contributed by atoms with Crippen molar-refractivity contribution in [2.24, 2.45) is 0 Å². The molecule has 0 bridgehead atoms. The molecule has 2 heteroatoms. The fourth-order valence-electron chi connectivity index (χ4n) is 3.00. The molecule has 0 spiro atoms. The average Bonchev–Trinajstić information content (AvgIpc) is 3.14. The first kappa shape index (κ1) is 12.0. The van der Waals surface area contributed by atoms with Gasteiger partial charge in [-0.25, -0.2) is 0 Å². The van der Waals surface area contributed by atoms with Crippen LogP contribution < -0.4 is 10.1 Å². The van der Waals surface area contributed by atoms with Gasteiger partial charge in [-0.1, -0.05) is 6.07 Å². The first-order valence-electron chi connectivity index (χ1n) is 7.16. The van der Waals surface area contributed by atoms with E-state index in [2.05, 4.69) is 32.2 Å². The Balaban J connectivity index is 2.04. The number of hydrogen-bond donors (Lipinski definition) is 1. The van der Waals surface area contributed by atoms with E-state index in [0.717, 1.165) is 24.8 Å². The number of benzene rings is 1. The van der Waals surface area contributed by atoms with Crippen LogP contribution in [-0.2, 0) is 0 Å². The zero-order valence-corrected chi connectivity index (χ0v) is 11.7. The van der Waals surface area contributed by atoms with Crippen LogP contribution in [0.3, 0.4) is 0 Å². The van der Waals surface area contributed by atoms with Gasteiger partial charge in [0.05, 0.1) is 6.61 Å². The van der Waals surface area contributed by atoms with E-state index in [1.165, 1.54) is 41.5 Å². The minimum Gasteiger partial charge on any atom is -0.493 e. The monoisotopic (exact) mass is 245 g/mol. The summed E-state index contributed by atoms with van der Waals surface area (Å²) in [7, 11) is 0. The first-order valence-corrected chi connectivity index (χ1v) is 7.16. The zero-order chi connectivity index (χ0) is 12.7. The summed E-state index contributed by atoms with van der Waals surface area (Å²) < 4.78 is 6.03. The van der Waals surface area contributed by atoms with Crippen molar-refractivity contribution in [1.82, 2.24) is 5.32 Å². The Morgan fingerprint density at radius 3 is 2.61 bits per heavy atom. The van der Waals surface area contributed by atoms with Gasteiger partial charge in [-0.2, -0.15) is 0 Å². The number of aryl methyl sites for hydroxylation is 2. The quantitative estimate of drug-likeness (QED) is 0.860. The molecular weight excluding hydrogens is 222 g/mol. The molecule has 1 atom stereocenters. The fourth-order valence-corrected chi connectivity index (χ4v) is 3.00. The molecule has 0 saturated heterocycles. The maximum atomic E-state index is 6.03. The molecule has 98 valence electrons. The first-order chi connectivity index (χ1) is 8.66. The Labute approximate surface area is 110 Å². The van der Waals surface area contributed by atoms with E-state index in [0.29, 0.717) is 6.04 Å². The molecule has 3 rings (SSSR count). The highest BCUT2D eigenvalue weighted by Crippen LogP contribution is 2.39. The second kappa shape index (κ2) is 4.58. The number of nitrogens with one attached hydrogen (secondary N) is 1. The smallest absolute Gasteiger partial charge is 0.127 e. The lowest BCUT2D eigenvalue weighted by atomic mass is 9.92. The second-order valence-electron chi connectivity index (χ2n) is 5.86. The summed E-state index contributed by atoms with van der Waals surface area (Å²) in [6.07, 6.45) is 5.04. The summed E-state index contributed by atoms with van der Waals surface area (Å²) in [6.45, 7) is 7.45. The van der Waals surface area contributed by atoms with Crippen molar-refractivity contribution in [2.75, 3.05) is 6.61 Å². The molecule has 2 aliphatic rings. The van der Waals surface area contributed by atoms with E-state index in [1.54, 1.807) is 0 Å². The van der Waals surface area contributed by atoms with Crippen molar-refractivity contribution in [3.05, 3.63) is 28.3 Å². The molecule has 1 saturated carbocycles. The molecular formula is C16H23NO. The van der Waals surface area contributed by atoms with Crippen molar-refractivity contribution in [3.63, 3.8) is 0 Å². The largest absolute Gasteiger partial charge is 0.493 e. The van der Waals surface area contributed by atoms with Crippen LogP contribution in [0.5, 0.6) is 5.75 Å². The highest BCUT2D eigenvalue weighted by atomic mass is 16.5. The van der Waals surface area contributed by atoms with Crippen molar-refractivity contribution in [2.45, 2.75) is 58.5 Å². The number of ether oxygens (including phenoxy) is 1. The van der Waals surface area contributed by atoms with E-state index in [1.807, 2.05) is 0 Å².